The second-order valence-electron chi connectivity index (χ2n) is 5.22. The highest BCUT2D eigenvalue weighted by molar-refractivity contribution is 6.00. The first-order valence-corrected chi connectivity index (χ1v) is 6.60. The van der Waals surface area contributed by atoms with E-state index >= 15 is 0 Å². The van der Waals surface area contributed by atoms with Crippen LogP contribution in [0.3, 0.4) is 0 Å². The predicted molar refractivity (Wildman–Crippen MR) is 73.0 cm³/mol. The van der Waals surface area contributed by atoms with Gasteiger partial charge >= 0.3 is 6.18 Å². The predicted octanol–water partition coefficient (Wildman–Crippen LogP) is 1.90. The number of nitrogens with two attached hydrogens (primary N) is 1. The van der Waals surface area contributed by atoms with Crippen molar-refractivity contribution in [2.45, 2.75) is 31.5 Å². The highest BCUT2D eigenvalue weighted by atomic mass is 19.4. The van der Waals surface area contributed by atoms with Crippen LogP contribution in [0.25, 0.3) is 0 Å². The quantitative estimate of drug-likeness (QED) is 0.894. The lowest BCUT2D eigenvalue weighted by atomic mass is 10.0. The van der Waals surface area contributed by atoms with Crippen molar-refractivity contribution in [2.24, 2.45) is 5.73 Å². The van der Waals surface area contributed by atoms with E-state index in [0.717, 1.165) is 25.9 Å². The Morgan fingerprint density at radius 2 is 2.00 bits per heavy atom. The lowest BCUT2D eigenvalue weighted by molar-refractivity contribution is -0.184. The number of alkyl halides is 3. The zero-order chi connectivity index (χ0) is 15.7. The summed E-state index contributed by atoms with van der Waals surface area (Å²) in [6.07, 6.45) is -1.32. The number of halogens is 3. The third-order valence-corrected chi connectivity index (χ3v) is 3.50. The molecule has 1 atom stereocenters. The van der Waals surface area contributed by atoms with Crippen molar-refractivity contribution in [3.05, 3.63) is 18.3 Å². The van der Waals surface area contributed by atoms with Crippen LogP contribution < -0.4 is 16.0 Å². The van der Waals surface area contributed by atoms with Crippen molar-refractivity contribution in [3.63, 3.8) is 0 Å². The van der Waals surface area contributed by atoms with Crippen LogP contribution in [0.4, 0.5) is 24.7 Å². The van der Waals surface area contributed by atoms with Crippen molar-refractivity contribution >= 4 is 17.4 Å². The van der Waals surface area contributed by atoms with Crippen molar-refractivity contribution < 1.29 is 18.0 Å². The fourth-order valence-electron chi connectivity index (χ4n) is 2.06. The van der Waals surface area contributed by atoms with E-state index in [1.54, 1.807) is 6.07 Å². The Morgan fingerprint density at radius 3 is 2.57 bits per heavy atom. The van der Waals surface area contributed by atoms with Crippen LogP contribution >= 0.6 is 0 Å². The van der Waals surface area contributed by atoms with Gasteiger partial charge in [-0.1, -0.05) is 0 Å². The van der Waals surface area contributed by atoms with Crippen molar-refractivity contribution in [3.8, 4) is 0 Å². The topological polar surface area (TPSA) is 71.2 Å². The van der Waals surface area contributed by atoms with Gasteiger partial charge in [0.15, 0.2) is 11.4 Å². The molecule has 5 nitrogen and oxygen atoms in total. The van der Waals surface area contributed by atoms with Crippen LogP contribution in [0.1, 0.15) is 19.8 Å². The van der Waals surface area contributed by atoms with Crippen LogP contribution in [0.5, 0.6) is 0 Å². The Kier molecular flexibility index (Phi) is 4.08. The molecule has 3 N–H and O–H groups in total. The molecule has 21 heavy (non-hydrogen) atoms. The molecule has 1 amide bonds. The summed E-state index contributed by atoms with van der Waals surface area (Å²) >= 11 is 0. The van der Waals surface area contributed by atoms with E-state index in [9.17, 15) is 18.0 Å². The zero-order valence-electron chi connectivity index (χ0n) is 11.6. The number of nitrogens with zero attached hydrogens (tertiary/aromatic N) is 2. The molecule has 1 aromatic rings. The van der Waals surface area contributed by atoms with E-state index in [4.69, 9.17) is 5.73 Å². The normalized spacial score (nSPS) is 18.4. The third-order valence-electron chi connectivity index (χ3n) is 3.50. The lowest BCUT2D eigenvalue weighted by Gasteiger charge is -2.27. The highest BCUT2D eigenvalue weighted by Crippen LogP contribution is 2.31. The van der Waals surface area contributed by atoms with Gasteiger partial charge in [-0.05, 0) is 31.9 Å². The first-order valence-electron chi connectivity index (χ1n) is 6.60. The molecule has 1 fully saturated rings. The maximum atomic E-state index is 12.8. The lowest BCUT2D eigenvalue weighted by Crippen LogP contribution is -2.59. The van der Waals surface area contributed by atoms with Crippen molar-refractivity contribution in [2.75, 3.05) is 23.3 Å². The van der Waals surface area contributed by atoms with Crippen LogP contribution in [-0.4, -0.2) is 35.7 Å². The van der Waals surface area contributed by atoms with E-state index in [1.165, 1.54) is 12.3 Å². The number of hydrogen-bond acceptors (Lipinski definition) is 4. The summed E-state index contributed by atoms with van der Waals surface area (Å²) in [7, 11) is 0. The summed E-state index contributed by atoms with van der Waals surface area (Å²) in [5.74, 6) is -0.829. The zero-order valence-corrected chi connectivity index (χ0v) is 11.6. The van der Waals surface area contributed by atoms with Gasteiger partial charge in [0.2, 0.25) is 0 Å². The molecule has 1 saturated heterocycles. The largest absolute Gasteiger partial charge is 0.415 e. The Hall–Kier alpha value is -1.83. The smallest absolute Gasteiger partial charge is 0.355 e. The highest BCUT2D eigenvalue weighted by Gasteiger charge is 2.54. The first kappa shape index (κ1) is 15.6. The Labute approximate surface area is 120 Å². The second-order valence-corrected chi connectivity index (χ2v) is 5.22. The molecule has 1 unspecified atom stereocenters. The fraction of sp³-hybridized carbons (Fsp3) is 0.538. The number of carbonyl (C=O) groups is 1. The van der Waals surface area contributed by atoms with Gasteiger partial charge in [0, 0.05) is 19.3 Å². The average molecular weight is 302 g/mol. The molecule has 1 aliphatic rings. The van der Waals surface area contributed by atoms with Crippen LogP contribution in [0.15, 0.2) is 18.3 Å². The molecule has 0 aliphatic carbocycles. The summed E-state index contributed by atoms with van der Waals surface area (Å²) in [5.41, 5.74) is 2.41. The van der Waals surface area contributed by atoms with Crippen molar-refractivity contribution in [1.29, 1.82) is 0 Å². The van der Waals surface area contributed by atoms with E-state index in [2.05, 4.69) is 10.3 Å². The summed E-state index contributed by atoms with van der Waals surface area (Å²) in [6, 6.07) is 3.07. The van der Waals surface area contributed by atoms with Crippen LogP contribution in [0.2, 0.25) is 0 Å². The van der Waals surface area contributed by atoms with Crippen LogP contribution in [-0.2, 0) is 4.79 Å². The van der Waals surface area contributed by atoms with Gasteiger partial charge in [-0.25, -0.2) is 4.98 Å². The van der Waals surface area contributed by atoms with Gasteiger partial charge in [-0.15, -0.1) is 0 Å². The molecule has 2 heterocycles. The number of nitrogens with one attached hydrogen (secondary N) is 1. The maximum absolute atomic E-state index is 12.8. The van der Waals surface area contributed by atoms with Gasteiger partial charge in [0.1, 0.15) is 0 Å². The minimum atomic E-state index is -4.83. The SMILES string of the molecule is CC(N)(C(=O)Nc1cccnc1N1CCCC1)C(F)(F)F. The second kappa shape index (κ2) is 5.51. The molecule has 1 aliphatic heterocycles. The molecule has 1 aromatic heterocycles. The van der Waals surface area contributed by atoms with E-state index < -0.39 is 17.6 Å². The minimum absolute atomic E-state index is 0.241. The maximum Gasteiger partial charge on any atom is 0.415 e. The molecule has 0 radical (unpaired) electrons. The summed E-state index contributed by atoms with van der Waals surface area (Å²) in [4.78, 5) is 17.9. The molecule has 0 spiro atoms. The molecule has 2 rings (SSSR count). The summed E-state index contributed by atoms with van der Waals surface area (Å²) < 4.78 is 38.3. The Bertz CT molecular complexity index is 524. The number of hydrogen-bond donors (Lipinski definition) is 2. The number of anilines is 2. The van der Waals surface area contributed by atoms with Crippen LogP contribution in [0, 0.1) is 0 Å². The van der Waals surface area contributed by atoms with Gasteiger partial charge < -0.3 is 16.0 Å². The van der Waals surface area contributed by atoms with Gasteiger partial charge in [-0.2, -0.15) is 13.2 Å². The minimum Gasteiger partial charge on any atom is -0.355 e. The molecule has 0 aromatic carbocycles. The third kappa shape index (κ3) is 3.10. The fourth-order valence-corrected chi connectivity index (χ4v) is 2.06. The first-order chi connectivity index (χ1) is 9.73. The molecule has 0 saturated carbocycles. The Morgan fingerprint density at radius 1 is 1.38 bits per heavy atom. The van der Waals surface area contributed by atoms with Crippen molar-refractivity contribution in [1.82, 2.24) is 4.98 Å². The van der Waals surface area contributed by atoms with E-state index in [1.807, 2.05) is 4.90 Å². The standard InChI is InChI=1S/C13H17F3N4O/c1-12(17,13(14,15)16)11(21)19-9-5-4-6-18-10(9)20-7-2-3-8-20/h4-6H,2-3,7-8,17H2,1H3,(H,19,21). The molecule has 8 heteroatoms. The summed E-state index contributed by atoms with van der Waals surface area (Å²) in [6.45, 7) is 2.17. The van der Waals surface area contributed by atoms with Gasteiger partial charge in [0.25, 0.3) is 5.91 Å². The number of aromatic nitrogens is 1. The monoisotopic (exact) mass is 302 g/mol. The van der Waals surface area contributed by atoms with Gasteiger partial charge in [-0.3, -0.25) is 4.79 Å². The number of amides is 1. The number of pyridine rings is 1. The Balaban J connectivity index is 2.22. The van der Waals surface area contributed by atoms with Gasteiger partial charge in [0.05, 0.1) is 5.69 Å². The summed E-state index contributed by atoms with van der Waals surface area (Å²) in [5, 5.41) is 2.25. The number of rotatable bonds is 3. The average Bonchev–Trinajstić information content (AvgIpc) is 2.91. The molecule has 0 bridgehead atoms. The molecular formula is C13H17F3N4O. The van der Waals surface area contributed by atoms with E-state index in [0.29, 0.717) is 12.7 Å². The molecular weight excluding hydrogens is 285 g/mol. The number of carbonyl (C=O) groups excluding carboxylic acids is 1. The molecule has 116 valence electrons. The van der Waals surface area contributed by atoms with E-state index in [-0.39, 0.29) is 5.69 Å².